The second kappa shape index (κ2) is 8.52. The van der Waals surface area contributed by atoms with Crippen LogP contribution in [0, 0.1) is 0 Å². The maximum Gasteiger partial charge on any atom is 0.416 e. The highest BCUT2D eigenvalue weighted by Crippen LogP contribution is 2.35. The number of rotatable bonds is 5. The summed E-state index contributed by atoms with van der Waals surface area (Å²) < 4.78 is 41.4. The second-order valence-electron chi connectivity index (χ2n) is 6.96. The van der Waals surface area contributed by atoms with Gasteiger partial charge >= 0.3 is 12.1 Å². The van der Waals surface area contributed by atoms with Crippen LogP contribution in [0.1, 0.15) is 16.7 Å². The summed E-state index contributed by atoms with van der Waals surface area (Å²) in [6.07, 6.45) is -3.18. The molecule has 8 nitrogen and oxygen atoms in total. The predicted octanol–water partition coefficient (Wildman–Crippen LogP) is 4.27. The van der Waals surface area contributed by atoms with Crippen molar-refractivity contribution in [1.82, 2.24) is 19.9 Å². The van der Waals surface area contributed by atoms with Gasteiger partial charge in [-0.2, -0.15) is 13.2 Å². The molecule has 1 N–H and O–H groups in total. The lowest BCUT2D eigenvalue weighted by Gasteiger charge is -2.13. The Morgan fingerprint density at radius 1 is 1.18 bits per heavy atom. The maximum absolute atomic E-state index is 13.4. The van der Waals surface area contributed by atoms with Crippen molar-refractivity contribution in [2.45, 2.75) is 12.7 Å². The summed E-state index contributed by atoms with van der Waals surface area (Å²) in [5.74, 6) is -2.04. The van der Waals surface area contributed by atoms with Crippen LogP contribution < -0.4 is 0 Å². The Bertz CT molecular complexity index is 1340. The van der Waals surface area contributed by atoms with Crippen LogP contribution in [0.2, 0.25) is 5.02 Å². The van der Waals surface area contributed by atoms with E-state index in [-0.39, 0.29) is 22.0 Å². The van der Waals surface area contributed by atoms with Crippen LogP contribution in [0.5, 0.6) is 0 Å². The Morgan fingerprint density at radius 3 is 2.64 bits per heavy atom. The number of carbonyl (C=O) groups is 3. The van der Waals surface area contributed by atoms with Gasteiger partial charge in [0.15, 0.2) is 0 Å². The van der Waals surface area contributed by atoms with Crippen molar-refractivity contribution >= 4 is 57.6 Å². The molecule has 0 atom stereocenters. The first-order chi connectivity index (χ1) is 15.5. The van der Waals surface area contributed by atoms with Crippen molar-refractivity contribution < 1.29 is 32.7 Å². The number of halogens is 4. The molecular formula is C20H12ClF3N4O4S. The van der Waals surface area contributed by atoms with Crippen molar-refractivity contribution in [3.05, 3.63) is 63.0 Å². The van der Waals surface area contributed by atoms with Gasteiger partial charge in [0.2, 0.25) is 0 Å². The van der Waals surface area contributed by atoms with Crippen LogP contribution in [0.4, 0.5) is 18.0 Å². The van der Waals surface area contributed by atoms with Gasteiger partial charge in [0, 0.05) is 5.02 Å². The predicted molar refractivity (Wildman–Crippen MR) is 113 cm³/mol. The smallest absolute Gasteiger partial charge is 0.416 e. The summed E-state index contributed by atoms with van der Waals surface area (Å²) in [7, 11) is 0. The fraction of sp³-hybridized carbons (Fsp3) is 0.150. The maximum atomic E-state index is 13.4. The molecule has 0 saturated carbocycles. The third kappa shape index (κ3) is 4.71. The Hall–Kier alpha value is -3.38. The molecule has 170 valence electrons. The molecule has 1 aromatic heterocycles. The highest BCUT2D eigenvalue weighted by Gasteiger charge is 2.36. The van der Waals surface area contributed by atoms with E-state index in [1.54, 1.807) is 18.2 Å². The average molecular weight is 497 g/mol. The molecule has 0 unspecified atom stereocenters. The van der Waals surface area contributed by atoms with Crippen molar-refractivity contribution in [3.8, 4) is 0 Å². The Balaban J connectivity index is 1.62. The third-order valence-corrected chi connectivity index (χ3v) is 5.84. The van der Waals surface area contributed by atoms with E-state index in [1.165, 1.54) is 22.9 Å². The molecule has 4 rings (SSSR count). The van der Waals surface area contributed by atoms with Gasteiger partial charge in [-0.25, -0.2) is 4.68 Å². The largest absolute Gasteiger partial charge is 0.480 e. The normalized spacial score (nSPS) is 15.8. The number of alkyl halides is 3. The number of thioether (sulfide) groups is 1. The first-order valence-electron chi connectivity index (χ1n) is 9.19. The lowest BCUT2D eigenvalue weighted by atomic mass is 10.1. The van der Waals surface area contributed by atoms with E-state index >= 15 is 0 Å². The second-order valence-corrected chi connectivity index (χ2v) is 8.39. The number of aliphatic carboxylic acids is 1. The van der Waals surface area contributed by atoms with Crippen LogP contribution in [0.15, 0.2) is 41.3 Å². The Kier molecular flexibility index (Phi) is 5.89. The number of hydrogen-bond acceptors (Lipinski definition) is 6. The third-order valence-electron chi connectivity index (χ3n) is 4.70. The van der Waals surface area contributed by atoms with Gasteiger partial charge in [-0.05, 0) is 53.2 Å². The van der Waals surface area contributed by atoms with Crippen molar-refractivity contribution in [2.75, 3.05) is 6.54 Å². The zero-order chi connectivity index (χ0) is 23.9. The number of aromatic nitrogens is 3. The number of fused-ring (bicyclic) bond motifs is 1. The van der Waals surface area contributed by atoms with E-state index in [1.807, 2.05) is 0 Å². The Morgan fingerprint density at radius 2 is 1.94 bits per heavy atom. The quantitative estimate of drug-likeness (QED) is 0.526. The molecule has 1 saturated heterocycles. The highest BCUT2D eigenvalue weighted by molar-refractivity contribution is 8.18. The van der Waals surface area contributed by atoms with Crippen molar-refractivity contribution in [2.24, 2.45) is 0 Å². The van der Waals surface area contributed by atoms with E-state index in [9.17, 15) is 27.6 Å². The lowest BCUT2D eigenvalue weighted by molar-refractivity contribution is -0.140. The van der Waals surface area contributed by atoms with Crippen molar-refractivity contribution in [3.63, 3.8) is 0 Å². The molecule has 2 amide bonds. The summed E-state index contributed by atoms with van der Waals surface area (Å²) in [6, 6.07) is 8.20. The van der Waals surface area contributed by atoms with Crippen LogP contribution in [-0.2, 0) is 22.3 Å². The van der Waals surface area contributed by atoms with E-state index in [0.29, 0.717) is 33.3 Å². The van der Waals surface area contributed by atoms with Crippen molar-refractivity contribution in [1.29, 1.82) is 0 Å². The summed E-state index contributed by atoms with van der Waals surface area (Å²) in [6.45, 7) is -0.935. The van der Waals surface area contributed by atoms with Gasteiger partial charge in [0.25, 0.3) is 11.1 Å². The first kappa shape index (κ1) is 22.8. The fourth-order valence-corrected chi connectivity index (χ4v) is 4.24. The number of amides is 2. The molecule has 0 bridgehead atoms. The minimum absolute atomic E-state index is 0.0325. The number of benzene rings is 2. The summed E-state index contributed by atoms with van der Waals surface area (Å²) in [5, 5.41) is 16.0. The van der Waals surface area contributed by atoms with E-state index in [2.05, 4.69) is 10.3 Å². The SMILES string of the molecule is O=C(O)CN1C(=O)S/C(=C\c2ccc3c(c2)nnn3Cc2ccc(Cl)cc2C(F)(F)F)C1=O. The zero-order valence-corrected chi connectivity index (χ0v) is 17.9. The van der Waals surface area contributed by atoms with Gasteiger partial charge in [0.1, 0.15) is 12.1 Å². The minimum atomic E-state index is -4.59. The summed E-state index contributed by atoms with van der Waals surface area (Å²) in [4.78, 5) is 35.7. The van der Waals surface area contributed by atoms with Crippen LogP contribution in [0.3, 0.4) is 0 Å². The van der Waals surface area contributed by atoms with E-state index < -0.39 is 35.4 Å². The number of carboxylic acids is 1. The van der Waals surface area contributed by atoms with Crippen LogP contribution >= 0.6 is 23.4 Å². The number of carbonyl (C=O) groups excluding carboxylic acids is 2. The molecule has 2 aromatic carbocycles. The molecule has 0 spiro atoms. The Labute approximate surface area is 192 Å². The lowest BCUT2D eigenvalue weighted by Crippen LogP contribution is -2.33. The van der Waals surface area contributed by atoms with Crippen LogP contribution in [0.25, 0.3) is 17.1 Å². The van der Waals surface area contributed by atoms with Crippen LogP contribution in [-0.4, -0.2) is 48.7 Å². The molecule has 1 aliphatic rings. The molecule has 1 fully saturated rings. The number of hydrogen-bond donors (Lipinski definition) is 1. The monoisotopic (exact) mass is 496 g/mol. The average Bonchev–Trinajstić information content (AvgIpc) is 3.24. The molecule has 2 heterocycles. The van der Waals surface area contributed by atoms with Gasteiger partial charge < -0.3 is 5.11 Å². The number of carboxylic acid groups (broad SMARTS) is 1. The first-order valence-corrected chi connectivity index (χ1v) is 10.4. The van der Waals surface area contributed by atoms with E-state index in [4.69, 9.17) is 16.7 Å². The number of imide groups is 1. The molecule has 3 aromatic rings. The zero-order valence-electron chi connectivity index (χ0n) is 16.3. The molecular weight excluding hydrogens is 485 g/mol. The molecule has 0 radical (unpaired) electrons. The fourth-order valence-electron chi connectivity index (χ4n) is 3.23. The molecule has 13 heteroatoms. The van der Waals surface area contributed by atoms with Gasteiger partial charge in [0.05, 0.1) is 22.5 Å². The van der Waals surface area contributed by atoms with Gasteiger partial charge in [-0.3, -0.25) is 19.3 Å². The number of nitrogens with zero attached hydrogens (tertiary/aromatic N) is 4. The topological polar surface area (TPSA) is 105 Å². The highest BCUT2D eigenvalue weighted by atomic mass is 35.5. The molecule has 1 aliphatic heterocycles. The minimum Gasteiger partial charge on any atom is -0.480 e. The van der Waals surface area contributed by atoms with Gasteiger partial charge in [-0.15, -0.1) is 5.10 Å². The standard InChI is InChI=1S/C20H12ClF3N4O4S/c21-12-3-2-11(13(7-12)20(22,23)24)8-28-15-4-1-10(5-14(15)25-26-28)6-16-18(31)27(9-17(29)30)19(32)33-16/h1-7H,8-9H2,(H,29,30)/b16-6-. The van der Waals surface area contributed by atoms with E-state index in [0.717, 1.165) is 6.07 Å². The molecule has 33 heavy (non-hydrogen) atoms. The summed E-state index contributed by atoms with van der Waals surface area (Å²) >= 11 is 6.33. The summed E-state index contributed by atoms with van der Waals surface area (Å²) in [5.41, 5.74) is 0.394. The van der Waals surface area contributed by atoms with Gasteiger partial charge in [-0.1, -0.05) is 28.9 Å². The molecule has 0 aliphatic carbocycles.